The molecule has 0 saturated heterocycles. The Morgan fingerprint density at radius 3 is 1.50 bits per heavy atom. The Hall–Kier alpha value is -0.600. The van der Waals surface area contributed by atoms with Crippen molar-refractivity contribution < 1.29 is 10.2 Å². The predicted octanol–water partition coefficient (Wildman–Crippen LogP) is 9.50. The molecule has 0 aliphatic carbocycles. The highest BCUT2D eigenvalue weighted by molar-refractivity contribution is 5.00. The first-order valence-corrected chi connectivity index (χ1v) is 14.0. The van der Waals surface area contributed by atoms with Crippen molar-refractivity contribution in [1.82, 2.24) is 0 Å². The smallest absolute Gasteiger partial charge is 0.155 e. The molecule has 0 fully saturated rings. The van der Waals surface area contributed by atoms with E-state index in [1.807, 2.05) is 6.08 Å². The molecule has 0 rings (SSSR count). The first kappa shape index (κ1) is 31.4. The summed E-state index contributed by atoms with van der Waals surface area (Å²) in [5, 5.41) is 20.0. The fourth-order valence-corrected chi connectivity index (χ4v) is 4.84. The third kappa shape index (κ3) is 17.0. The second-order valence-corrected chi connectivity index (χ2v) is 10.6. The maximum absolute atomic E-state index is 10.0. The highest BCUT2D eigenvalue weighted by Crippen LogP contribution is 2.39. The van der Waals surface area contributed by atoms with E-state index < -0.39 is 6.29 Å². The van der Waals surface area contributed by atoms with Crippen molar-refractivity contribution >= 4 is 0 Å². The summed E-state index contributed by atoms with van der Waals surface area (Å²) in [6.45, 7) is 12.7. The maximum atomic E-state index is 10.0. The third-order valence-corrected chi connectivity index (χ3v) is 7.28. The predicted molar refractivity (Wildman–Crippen MR) is 143 cm³/mol. The molecule has 0 aromatic rings. The molecule has 0 spiro atoms. The van der Waals surface area contributed by atoms with Gasteiger partial charge in [-0.3, -0.25) is 0 Å². The van der Waals surface area contributed by atoms with Crippen LogP contribution in [-0.4, -0.2) is 16.5 Å². The molecule has 32 heavy (non-hydrogen) atoms. The number of rotatable bonds is 23. The van der Waals surface area contributed by atoms with E-state index >= 15 is 0 Å². The first-order valence-electron chi connectivity index (χ1n) is 14.0. The van der Waals surface area contributed by atoms with Crippen LogP contribution in [0.3, 0.4) is 0 Å². The molecule has 0 aromatic carbocycles. The van der Waals surface area contributed by atoms with Crippen LogP contribution in [0.2, 0.25) is 0 Å². The molecule has 0 saturated carbocycles. The lowest BCUT2D eigenvalue weighted by Gasteiger charge is -2.36. The minimum atomic E-state index is -1.26. The number of unbranched alkanes of at least 4 members (excludes halogenated alkanes) is 15. The van der Waals surface area contributed by atoms with Gasteiger partial charge < -0.3 is 10.2 Å². The lowest BCUT2D eigenvalue weighted by molar-refractivity contribution is -0.116. The molecule has 0 aliphatic rings. The molecule has 0 aliphatic heterocycles. The Kier molecular flexibility index (Phi) is 20.6. The number of aliphatic hydroxyl groups is 2. The minimum absolute atomic E-state index is 0.128. The SMILES string of the molecule is C=CC(C)(CCC=C(C)C)C(CCCCCCCCCCCCCCCCCC)C(O)O. The molecular formula is C30H58O2. The largest absolute Gasteiger partial charge is 0.368 e. The van der Waals surface area contributed by atoms with E-state index in [1.165, 1.54) is 102 Å². The molecular weight excluding hydrogens is 392 g/mol. The summed E-state index contributed by atoms with van der Waals surface area (Å²) in [5.41, 5.74) is 1.09. The van der Waals surface area contributed by atoms with E-state index in [0.29, 0.717) is 0 Å². The van der Waals surface area contributed by atoms with Gasteiger partial charge in [-0.05, 0) is 38.5 Å². The molecule has 0 heterocycles. The molecule has 2 unspecified atom stereocenters. The van der Waals surface area contributed by atoms with Gasteiger partial charge in [-0.25, -0.2) is 0 Å². The summed E-state index contributed by atoms with van der Waals surface area (Å²) in [6.07, 6.45) is 27.5. The van der Waals surface area contributed by atoms with Gasteiger partial charge in [-0.2, -0.15) is 0 Å². The second-order valence-electron chi connectivity index (χ2n) is 10.6. The summed E-state index contributed by atoms with van der Waals surface area (Å²) < 4.78 is 0. The first-order chi connectivity index (χ1) is 15.4. The van der Waals surface area contributed by atoms with Crippen molar-refractivity contribution in [3.8, 4) is 0 Å². The van der Waals surface area contributed by atoms with Crippen molar-refractivity contribution in [3.05, 3.63) is 24.3 Å². The van der Waals surface area contributed by atoms with Gasteiger partial charge in [0.1, 0.15) is 0 Å². The summed E-state index contributed by atoms with van der Waals surface area (Å²) in [5.74, 6) is -0.128. The summed E-state index contributed by atoms with van der Waals surface area (Å²) in [7, 11) is 0. The number of allylic oxidation sites excluding steroid dienone is 3. The standard InChI is InChI=1S/C30H58O2/c1-6-8-9-10-11-12-13-14-15-16-17-18-19-20-21-22-25-28(29(31)32)30(5,7-2)26-23-24-27(3)4/h7,24,28-29,31-32H,2,6,8-23,25-26H2,1,3-5H3. The fraction of sp³-hybridized carbons (Fsp3) is 0.867. The van der Waals surface area contributed by atoms with Crippen molar-refractivity contribution in [3.63, 3.8) is 0 Å². The van der Waals surface area contributed by atoms with E-state index in [0.717, 1.165) is 25.7 Å². The zero-order valence-electron chi connectivity index (χ0n) is 22.3. The molecule has 0 aromatic heterocycles. The molecule has 2 nitrogen and oxygen atoms in total. The number of hydrogen-bond acceptors (Lipinski definition) is 2. The van der Waals surface area contributed by atoms with Crippen LogP contribution in [0, 0.1) is 11.3 Å². The van der Waals surface area contributed by atoms with Crippen LogP contribution in [0.1, 0.15) is 150 Å². The van der Waals surface area contributed by atoms with Crippen molar-refractivity contribution in [2.45, 2.75) is 156 Å². The van der Waals surface area contributed by atoms with Crippen LogP contribution in [0.25, 0.3) is 0 Å². The van der Waals surface area contributed by atoms with E-state index in [4.69, 9.17) is 0 Å². The van der Waals surface area contributed by atoms with E-state index in [-0.39, 0.29) is 11.3 Å². The molecule has 2 heteroatoms. The number of hydrogen-bond donors (Lipinski definition) is 2. The van der Waals surface area contributed by atoms with E-state index in [1.54, 1.807) is 0 Å². The summed E-state index contributed by atoms with van der Waals surface area (Å²) in [4.78, 5) is 0. The average Bonchev–Trinajstić information content (AvgIpc) is 2.75. The lowest BCUT2D eigenvalue weighted by atomic mass is 9.71. The van der Waals surface area contributed by atoms with Crippen LogP contribution in [0.4, 0.5) is 0 Å². The normalized spacial score (nSPS) is 14.3. The molecule has 2 atom stereocenters. The van der Waals surface area contributed by atoms with Gasteiger partial charge in [0.15, 0.2) is 6.29 Å². The van der Waals surface area contributed by atoms with Gasteiger partial charge in [-0.1, -0.05) is 134 Å². The molecule has 190 valence electrons. The van der Waals surface area contributed by atoms with Crippen LogP contribution >= 0.6 is 0 Å². The Balaban J connectivity index is 3.78. The highest BCUT2D eigenvalue weighted by atomic mass is 16.5. The van der Waals surface area contributed by atoms with Crippen LogP contribution < -0.4 is 0 Å². The van der Waals surface area contributed by atoms with Gasteiger partial charge in [0.05, 0.1) is 0 Å². The Morgan fingerprint density at radius 2 is 1.16 bits per heavy atom. The second kappa shape index (κ2) is 21.0. The lowest BCUT2D eigenvalue weighted by Crippen LogP contribution is -2.35. The molecule has 0 amide bonds. The van der Waals surface area contributed by atoms with Gasteiger partial charge in [-0.15, -0.1) is 6.58 Å². The molecule has 2 N–H and O–H groups in total. The zero-order valence-corrected chi connectivity index (χ0v) is 22.3. The molecule has 0 bridgehead atoms. The highest BCUT2D eigenvalue weighted by Gasteiger charge is 2.34. The quantitative estimate of drug-likeness (QED) is 0.0924. The monoisotopic (exact) mass is 450 g/mol. The van der Waals surface area contributed by atoms with E-state index in [2.05, 4.69) is 40.3 Å². The van der Waals surface area contributed by atoms with Gasteiger partial charge >= 0.3 is 0 Å². The Morgan fingerprint density at radius 1 is 0.750 bits per heavy atom. The van der Waals surface area contributed by atoms with Crippen molar-refractivity contribution in [2.75, 3.05) is 0 Å². The van der Waals surface area contributed by atoms with Gasteiger partial charge in [0.25, 0.3) is 0 Å². The van der Waals surface area contributed by atoms with Crippen molar-refractivity contribution in [2.24, 2.45) is 11.3 Å². The van der Waals surface area contributed by atoms with Crippen molar-refractivity contribution in [1.29, 1.82) is 0 Å². The van der Waals surface area contributed by atoms with Crippen LogP contribution in [-0.2, 0) is 0 Å². The Labute approximate surface area is 202 Å². The summed E-state index contributed by atoms with van der Waals surface area (Å²) >= 11 is 0. The molecule has 0 radical (unpaired) electrons. The zero-order chi connectivity index (χ0) is 24.1. The average molecular weight is 451 g/mol. The maximum Gasteiger partial charge on any atom is 0.155 e. The van der Waals surface area contributed by atoms with E-state index in [9.17, 15) is 10.2 Å². The summed E-state index contributed by atoms with van der Waals surface area (Å²) in [6, 6.07) is 0. The van der Waals surface area contributed by atoms with Crippen LogP contribution in [0.5, 0.6) is 0 Å². The fourth-order valence-electron chi connectivity index (χ4n) is 4.84. The minimum Gasteiger partial charge on any atom is -0.368 e. The topological polar surface area (TPSA) is 40.5 Å². The third-order valence-electron chi connectivity index (χ3n) is 7.28. The van der Waals surface area contributed by atoms with Crippen LogP contribution in [0.15, 0.2) is 24.3 Å². The van der Waals surface area contributed by atoms with Gasteiger partial charge in [0, 0.05) is 5.92 Å². The Bertz CT molecular complexity index is 450. The number of aliphatic hydroxyl groups excluding tert-OH is 1. The van der Waals surface area contributed by atoms with Gasteiger partial charge in [0.2, 0.25) is 0 Å².